The van der Waals surface area contributed by atoms with Gasteiger partial charge in [-0.3, -0.25) is 24.4 Å². The second-order valence-corrected chi connectivity index (χ2v) is 6.38. The van der Waals surface area contributed by atoms with Crippen LogP contribution in [0.2, 0.25) is 0 Å². The van der Waals surface area contributed by atoms with Crippen LogP contribution in [0.15, 0.2) is 40.9 Å². The number of aromatic nitrogens is 2. The number of nitro benzene ring substituents is 1. The number of amides is 2. The quantitative estimate of drug-likeness (QED) is 0.447. The molecule has 156 valence electrons. The molecule has 0 bridgehead atoms. The molecule has 0 spiro atoms. The Morgan fingerprint density at radius 3 is 2.73 bits per heavy atom. The van der Waals surface area contributed by atoms with Gasteiger partial charge in [-0.05, 0) is 30.7 Å². The van der Waals surface area contributed by atoms with Crippen LogP contribution in [0.3, 0.4) is 0 Å². The van der Waals surface area contributed by atoms with Gasteiger partial charge in [-0.15, -0.1) is 0 Å². The van der Waals surface area contributed by atoms with Crippen LogP contribution < -0.4 is 15.4 Å². The maximum atomic E-state index is 12.5. The Balaban J connectivity index is 1.69. The van der Waals surface area contributed by atoms with Gasteiger partial charge in [0.2, 0.25) is 0 Å². The van der Waals surface area contributed by atoms with E-state index in [4.69, 9.17) is 9.15 Å². The van der Waals surface area contributed by atoms with Crippen molar-refractivity contribution in [2.24, 2.45) is 7.05 Å². The number of carbonyl (C=O) groups excluding carboxylic acids is 2. The van der Waals surface area contributed by atoms with E-state index in [1.165, 1.54) is 42.2 Å². The summed E-state index contributed by atoms with van der Waals surface area (Å²) in [6, 6.07) is 7.58. The van der Waals surface area contributed by atoms with Gasteiger partial charge in [0.25, 0.3) is 11.8 Å². The lowest BCUT2D eigenvalue weighted by Gasteiger charge is -2.06. The molecule has 2 amide bonds. The summed E-state index contributed by atoms with van der Waals surface area (Å²) in [6.45, 7) is 1.64. The molecule has 0 aliphatic heterocycles. The average molecular weight is 413 g/mol. The molecule has 11 heteroatoms. The van der Waals surface area contributed by atoms with Crippen LogP contribution in [0, 0.1) is 17.0 Å². The Hall–Kier alpha value is -4.15. The molecule has 0 fully saturated rings. The number of anilines is 1. The van der Waals surface area contributed by atoms with Gasteiger partial charge in [0, 0.05) is 26.4 Å². The van der Waals surface area contributed by atoms with E-state index in [1.807, 2.05) is 0 Å². The van der Waals surface area contributed by atoms with Crippen LogP contribution in [0.25, 0.3) is 0 Å². The highest BCUT2D eigenvalue weighted by Crippen LogP contribution is 2.28. The van der Waals surface area contributed by atoms with Gasteiger partial charge in [0.05, 0.1) is 10.6 Å². The smallest absolute Gasteiger partial charge is 0.311 e. The first-order valence-corrected chi connectivity index (χ1v) is 8.82. The van der Waals surface area contributed by atoms with Gasteiger partial charge in [-0.1, -0.05) is 6.07 Å². The number of furan rings is 1. The molecule has 0 atom stereocenters. The molecule has 0 saturated heterocycles. The molecule has 2 N–H and O–H groups in total. The number of hydrogen-bond acceptors (Lipinski definition) is 7. The van der Waals surface area contributed by atoms with Crippen molar-refractivity contribution in [2.75, 3.05) is 12.4 Å². The van der Waals surface area contributed by atoms with Gasteiger partial charge in [0.1, 0.15) is 12.4 Å². The molecule has 1 aromatic carbocycles. The fraction of sp³-hybridized carbons (Fsp3) is 0.211. The monoisotopic (exact) mass is 413 g/mol. The summed E-state index contributed by atoms with van der Waals surface area (Å²) in [5, 5.41) is 20.2. The summed E-state index contributed by atoms with van der Waals surface area (Å²) in [4.78, 5) is 34.9. The minimum atomic E-state index is -0.583. The van der Waals surface area contributed by atoms with Crippen molar-refractivity contribution in [1.29, 1.82) is 0 Å². The summed E-state index contributed by atoms with van der Waals surface area (Å²) >= 11 is 0. The molecule has 3 aromatic rings. The maximum absolute atomic E-state index is 12.5. The molecule has 11 nitrogen and oxygen atoms in total. The van der Waals surface area contributed by atoms with Crippen molar-refractivity contribution >= 4 is 23.2 Å². The topological polar surface area (TPSA) is 142 Å². The number of carbonyl (C=O) groups is 2. The number of nitrogens with one attached hydrogen (secondary N) is 2. The Kier molecular flexibility index (Phi) is 5.81. The first kappa shape index (κ1) is 20.6. The normalized spacial score (nSPS) is 10.5. The molecule has 0 saturated carbocycles. The molecule has 0 aliphatic carbocycles. The Morgan fingerprint density at radius 2 is 2.03 bits per heavy atom. The lowest BCUT2D eigenvalue weighted by Crippen LogP contribution is -2.21. The Labute approximate surface area is 170 Å². The van der Waals surface area contributed by atoms with Crippen molar-refractivity contribution in [3.63, 3.8) is 0 Å². The number of aryl methyl sites for hydroxylation is 2. The lowest BCUT2D eigenvalue weighted by molar-refractivity contribution is -0.386. The van der Waals surface area contributed by atoms with E-state index in [0.717, 1.165) is 5.56 Å². The minimum Gasteiger partial charge on any atom is -0.479 e. The van der Waals surface area contributed by atoms with Crippen LogP contribution >= 0.6 is 0 Å². The molecular formula is C19H19N5O6. The van der Waals surface area contributed by atoms with Crippen LogP contribution in [0.4, 0.5) is 11.4 Å². The number of rotatable bonds is 7. The van der Waals surface area contributed by atoms with Gasteiger partial charge in [0.15, 0.2) is 17.2 Å². The zero-order valence-corrected chi connectivity index (χ0v) is 16.5. The second kappa shape index (κ2) is 8.47. The second-order valence-electron chi connectivity index (χ2n) is 6.38. The van der Waals surface area contributed by atoms with E-state index in [2.05, 4.69) is 15.7 Å². The van der Waals surface area contributed by atoms with Crippen LogP contribution in [0.1, 0.15) is 32.4 Å². The zero-order valence-electron chi connectivity index (χ0n) is 16.5. The van der Waals surface area contributed by atoms with Crippen molar-refractivity contribution in [2.45, 2.75) is 13.5 Å². The predicted molar refractivity (Wildman–Crippen MR) is 105 cm³/mol. The molecule has 0 unspecified atom stereocenters. The molecule has 30 heavy (non-hydrogen) atoms. The fourth-order valence-electron chi connectivity index (χ4n) is 2.67. The molecule has 3 rings (SSSR count). The summed E-state index contributed by atoms with van der Waals surface area (Å²) in [5.74, 6) is -0.648. The van der Waals surface area contributed by atoms with E-state index in [0.29, 0.717) is 5.76 Å². The highest BCUT2D eigenvalue weighted by Gasteiger charge is 2.20. The molecule has 2 aromatic heterocycles. The standard InChI is InChI=1S/C19H19N5O6/c1-11-4-6-15(14(8-11)24(27)28)29-10-12-5-7-16(30-12)18(25)21-13-9-23(3)22-17(13)19(26)20-2/h4-9H,10H2,1-3H3,(H,20,26)(H,21,25). The zero-order chi connectivity index (χ0) is 21.8. The number of ether oxygens (including phenoxy) is 1. The van der Waals surface area contributed by atoms with Gasteiger partial charge in [-0.25, -0.2) is 0 Å². The number of benzene rings is 1. The van der Waals surface area contributed by atoms with E-state index in [-0.39, 0.29) is 35.2 Å². The third-order valence-corrected chi connectivity index (χ3v) is 4.09. The van der Waals surface area contributed by atoms with Gasteiger partial charge >= 0.3 is 5.69 Å². The number of nitrogens with zero attached hydrogens (tertiary/aromatic N) is 3. The van der Waals surface area contributed by atoms with E-state index in [1.54, 1.807) is 20.0 Å². The highest BCUT2D eigenvalue weighted by atomic mass is 16.6. The molecule has 2 heterocycles. The van der Waals surface area contributed by atoms with Crippen molar-refractivity contribution in [3.05, 3.63) is 69.4 Å². The van der Waals surface area contributed by atoms with E-state index < -0.39 is 16.7 Å². The largest absolute Gasteiger partial charge is 0.479 e. The number of hydrogen-bond donors (Lipinski definition) is 2. The number of nitro groups is 1. The summed E-state index contributed by atoms with van der Waals surface area (Å²) in [7, 11) is 3.08. The van der Waals surface area contributed by atoms with Crippen LogP contribution in [-0.2, 0) is 13.7 Å². The first-order chi connectivity index (χ1) is 14.3. The predicted octanol–water partition coefficient (Wildman–Crippen LogP) is 2.42. The Bertz CT molecular complexity index is 1120. The molecule has 0 radical (unpaired) electrons. The van der Waals surface area contributed by atoms with Crippen molar-refractivity contribution < 1.29 is 23.7 Å². The third-order valence-electron chi connectivity index (χ3n) is 4.09. The lowest BCUT2D eigenvalue weighted by atomic mass is 10.2. The highest BCUT2D eigenvalue weighted by molar-refractivity contribution is 6.06. The summed E-state index contributed by atoms with van der Waals surface area (Å²) in [5.41, 5.74) is 0.872. The fourth-order valence-corrected chi connectivity index (χ4v) is 2.67. The van der Waals surface area contributed by atoms with E-state index in [9.17, 15) is 19.7 Å². The van der Waals surface area contributed by atoms with Crippen LogP contribution in [-0.4, -0.2) is 33.6 Å². The Morgan fingerprint density at radius 1 is 1.27 bits per heavy atom. The molecule has 0 aliphatic rings. The first-order valence-electron chi connectivity index (χ1n) is 8.82. The third kappa shape index (κ3) is 4.46. The maximum Gasteiger partial charge on any atom is 0.311 e. The van der Waals surface area contributed by atoms with Crippen molar-refractivity contribution in [3.8, 4) is 5.75 Å². The summed E-state index contributed by atoms with van der Waals surface area (Å²) < 4.78 is 12.3. The molecular weight excluding hydrogens is 394 g/mol. The van der Waals surface area contributed by atoms with Crippen LogP contribution in [0.5, 0.6) is 5.75 Å². The van der Waals surface area contributed by atoms with E-state index >= 15 is 0 Å². The van der Waals surface area contributed by atoms with Crippen molar-refractivity contribution in [1.82, 2.24) is 15.1 Å². The average Bonchev–Trinajstić information content (AvgIpc) is 3.33. The van der Waals surface area contributed by atoms with Gasteiger partial charge in [-0.2, -0.15) is 5.10 Å². The van der Waals surface area contributed by atoms with Gasteiger partial charge < -0.3 is 19.8 Å². The minimum absolute atomic E-state index is 0.0151. The SMILES string of the molecule is CNC(=O)c1nn(C)cc1NC(=O)c1ccc(COc2ccc(C)cc2[N+](=O)[O-])o1. The summed E-state index contributed by atoms with van der Waals surface area (Å²) in [6.07, 6.45) is 1.49.